The van der Waals surface area contributed by atoms with E-state index in [9.17, 15) is 4.79 Å². The molecule has 0 spiro atoms. The van der Waals surface area contributed by atoms with Crippen molar-refractivity contribution >= 4 is 17.7 Å². The molecular formula is C13H22N4OS. The lowest BCUT2D eigenvalue weighted by molar-refractivity contribution is -0.120. The maximum atomic E-state index is 11.8. The molecule has 1 N–H and O–H groups in total. The summed E-state index contributed by atoms with van der Waals surface area (Å²) in [5, 5.41) is 11.5. The van der Waals surface area contributed by atoms with Gasteiger partial charge in [0.15, 0.2) is 0 Å². The maximum Gasteiger partial charge on any atom is 0.233 e. The molecule has 2 rings (SSSR count). The molecule has 0 aliphatic carbocycles. The summed E-state index contributed by atoms with van der Waals surface area (Å²) in [7, 11) is 0. The quantitative estimate of drug-likeness (QED) is 0.857. The minimum Gasteiger partial charge on any atom is -0.355 e. The Morgan fingerprint density at radius 3 is 3.05 bits per heavy atom. The molecule has 106 valence electrons. The molecule has 0 radical (unpaired) electrons. The van der Waals surface area contributed by atoms with E-state index in [0.29, 0.717) is 6.54 Å². The predicted octanol–water partition coefficient (Wildman–Crippen LogP) is 1.41. The van der Waals surface area contributed by atoms with E-state index in [1.165, 1.54) is 12.8 Å². The molecule has 19 heavy (non-hydrogen) atoms. The van der Waals surface area contributed by atoms with Crippen molar-refractivity contribution in [3.63, 3.8) is 0 Å². The summed E-state index contributed by atoms with van der Waals surface area (Å²) in [6, 6.07) is 0. The summed E-state index contributed by atoms with van der Waals surface area (Å²) in [5.74, 6) is 2.24. The van der Waals surface area contributed by atoms with E-state index in [1.807, 2.05) is 13.2 Å². The molecule has 1 aliphatic heterocycles. The highest BCUT2D eigenvalue weighted by molar-refractivity contribution is 7.99. The number of rotatable bonds is 6. The average Bonchev–Trinajstić information content (AvgIpc) is 2.84. The van der Waals surface area contributed by atoms with Crippen molar-refractivity contribution in [2.45, 2.75) is 50.8 Å². The molecule has 0 fully saturated rings. The summed E-state index contributed by atoms with van der Waals surface area (Å²) in [4.78, 5) is 11.8. The van der Waals surface area contributed by atoms with Crippen LogP contribution < -0.4 is 5.32 Å². The van der Waals surface area contributed by atoms with Gasteiger partial charge in [-0.15, -0.1) is 10.2 Å². The van der Waals surface area contributed by atoms with Gasteiger partial charge in [0.2, 0.25) is 5.91 Å². The Labute approximate surface area is 118 Å². The largest absolute Gasteiger partial charge is 0.355 e. The molecule has 5 nitrogen and oxygen atoms in total. The van der Waals surface area contributed by atoms with Crippen LogP contribution in [0.3, 0.4) is 0 Å². The molecule has 1 aromatic heterocycles. The Morgan fingerprint density at radius 1 is 1.47 bits per heavy atom. The fraction of sp³-hybridized carbons (Fsp3) is 0.769. The first-order valence-electron chi connectivity index (χ1n) is 6.97. The van der Waals surface area contributed by atoms with Gasteiger partial charge in [0.25, 0.3) is 0 Å². The fourth-order valence-corrected chi connectivity index (χ4v) is 3.05. The number of aromatic nitrogens is 3. The van der Waals surface area contributed by atoms with Crippen molar-refractivity contribution in [1.82, 2.24) is 20.1 Å². The lowest BCUT2D eigenvalue weighted by atomic mass is 10.1. The van der Waals surface area contributed by atoms with Crippen molar-refractivity contribution in [2.75, 3.05) is 12.8 Å². The molecule has 0 aromatic carbocycles. The van der Waals surface area contributed by atoms with E-state index < -0.39 is 0 Å². The van der Waals surface area contributed by atoms with Gasteiger partial charge >= 0.3 is 0 Å². The summed E-state index contributed by atoms with van der Waals surface area (Å²) in [6.45, 7) is 3.71. The zero-order chi connectivity index (χ0) is 13.7. The SMILES string of the molecule is CCC(SC)C(=O)NCCc1nnc2n1CCCC2. The van der Waals surface area contributed by atoms with Crippen LogP contribution in [0.4, 0.5) is 0 Å². The van der Waals surface area contributed by atoms with Crippen molar-refractivity contribution < 1.29 is 4.79 Å². The van der Waals surface area contributed by atoms with Crippen LogP contribution in [-0.4, -0.2) is 38.7 Å². The second-order valence-corrected chi connectivity index (χ2v) is 5.86. The second-order valence-electron chi connectivity index (χ2n) is 4.81. The fourth-order valence-electron chi connectivity index (χ4n) is 2.42. The number of nitrogens with one attached hydrogen (secondary N) is 1. The van der Waals surface area contributed by atoms with Crippen LogP contribution >= 0.6 is 11.8 Å². The highest BCUT2D eigenvalue weighted by Crippen LogP contribution is 2.14. The van der Waals surface area contributed by atoms with Crippen molar-refractivity contribution in [3.8, 4) is 0 Å². The molecule has 1 aliphatic rings. The van der Waals surface area contributed by atoms with Crippen LogP contribution in [0, 0.1) is 0 Å². The van der Waals surface area contributed by atoms with Gasteiger partial charge in [0, 0.05) is 25.9 Å². The molecule has 2 heterocycles. The van der Waals surface area contributed by atoms with Crippen LogP contribution in [0.5, 0.6) is 0 Å². The molecule has 1 unspecified atom stereocenters. The third-order valence-electron chi connectivity index (χ3n) is 3.53. The van der Waals surface area contributed by atoms with Gasteiger partial charge < -0.3 is 9.88 Å². The Kier molecular flexibility index (Phi) is 5.24. The Balaban J connectivity index is 1.83. The number of carbonyl (C=O) groups excluding carboxylic acids is 1. The van der Waals surface area contributed by atoms with Crippen LogP contribution in [0.1, 0.15) is 37.8 Å². The highest BCUT2D eigenvalue weighted by Gasteiger charge is 2.17. The van der Waals surface area contributed by atoms with E-state index in [0.717, 1.165) is 37.5 Å². The first-order chi connectivity index (χ1) is 9.26. The zero-order valence-corrected chi connectivity index (χ0v) is 12.5. The summed E-state index contributed by atoms with van der Waals surface area (Å²) in [5.41, 5.74) is 0. The third-order valence-corrected chi connectivity index (χ3v) is 4.65. The van der Waals surface area contributed by atoms with Gasteiger partial charge in [-0.1, -0.05) is 6.92 Å². The minimum absolute atomic E-state index is 0.0623. The third kappa shape index (κ3) is 3.49. The molecular weight excluding hydrogens is 260 g/mol. The molecule has 0 saturated carbocycles. The molecule has 0 bridgehead atoms. The normalized spacial score (nSPS) is 15.9. The van der Waals surface area contributed by atoms with Gasteiger partial charge in [-0.3, -0.25) is 4.79 Å². The Morgan fingerprint density at radius 2 is 2.32 bits per heavy atom. The lowest BCUT2D eigenvalue weighted by Gasteiger charge is -2.15. The van der Waals surface area contributed by atoms with Crippen LogP contribution in [-0.2, 0) is 24.2 Å². The van der Waals surface area contributed by atoms with E-state index >= 15 is 0 Å². The number of thioether (sulfide) groups is 1. The topological polar surface area (TPSA) is 59.8 Å². The Hall–Kier alpha value is -1.04. The van der Waals surface area contributed by atoms with Crippen LogP contribution in [0.25, 0.3) is 0 Å². The number of nitrogens with zero attached hydrogens (tertiary/aromatic N) is 3. The van der Waals surface area contributed by atoms with Crippen molar-refractivity contribution in [1.29, 1.82) is 0 Å². The monoisotopic (exact) mass is 282 g/mol. The van der Waals surface area contributed by atoms with Gasteiger partial charge in [-0.25, -0.2) is 0 Å². The van der Waals surface area contributed by atoms with Gasteiger partial charge in [-0.2, -0.15) is 11.8 Å². The highest BCUT2D eigenvalue weighted by atomic mass is 32.2. The Bertz CT molecular complexity index is 428. The van der Waals surface area contributed by atoms with Crippen molar-refractivity contribution in [3.05, 3.63) is 11.6 Å². The second kappa shape index (κ2) is 6.93. The molecule has 6 heteroatoms. The van der Waals surface area contributed by atoms with Gasteiger partial charge in [0.1, 0.15) is 11.6 Å². The first kappa shape index (κ1) is 14.4. The van der Waals surface area contributed by atoms with Crippen LogP contribution in [0.2, 0.25) is 0 Å². The van der Waals surface area contributed by atoms with Crippen LogP contribution in [0.15, 0.2) is 0 Å². The minimum atomic E-state index is 0.0623. The number of hydrogen-bond acceptors (Lipinski definition) is 4. The number of aryl methyl sites for hydroxylation is 1. The summed E-state index contributed by atoms with van der Waals surface area (Å²) < 4.78 is 2.21. The van der Waals surface area contributed by atoms with E-state index in [1.54, 1.807) is 11.8 Å². The summed E-state index contributed by atoms with van der Waals surface area (Å²) in [6.07, 6.45) is 7.05. The zero-order valence-electron chi connectivity index (χ0n) is 11.7. The maximum absolute atomic E-state index is 11.8. The van der Waals surface area contributed by atoms with Gasteiger partial charge in [0.05, 0.1) is 5.25 Å². The number of fused-ring (bicyclic) bond motifs is 1. The molecule has 0 saturated heterocycles. The molecule has 1 atom stereocenters. The van der Waals surface area contributed by atoms with E-state index in [2.05, 4.69) is 20.1 Å². The standard InChI is InChI=1S/C13H22N4OS/c1-3-10(19-2)13(18)14-8-7-12-16-15-11-6-4-5-9-17(11)12/h10H,3-9H2,1-2H3,(H,14,18). The summed E-state index contributed by atoms with van der Waals surface area (Å²) >= 11 is 1.60. The first-order valence-corrected chi connectivity index (χ1v) is 8.26. The lowest BCUT2D eigenvalue weighted by Crippen LogP contribution is -2.34. The van der Waals surface area contributed by atoms with Crippen molar-refractivity contribution in [2.24, 2.45) is 0 Å². The molecule has 1 amide bonds. The van der Waals surface area contributed by atoms with E-state index in [4.69, 9.17) is 0 Å². The number of amides is 1. The predicted molar refractivity (Wildman–Crippen MR) is 77.3 cm³/mol. The number of hydrogen-bond donors (Lipinski definition) is 1. The van der Waals surface area contributed by atoms with E-state index in [-0.39, 0.29) is 11.2 Å². The number of carbonyl (C=O) groups is 1. The van der Waals surface area contributed by atoms with Gasteiger partial charge in [-0.05, 0) is 25.5 Å². The average molecular weight is 282 g/mol. The molecule has 1 aromatic rings. The smallest absolute Gasteiger partial charge is 0.233 e.